The van der Waals surface area contributed by atoms with Crippen LogP contribution in [0.2, 0.25) is 0 Å². The number of carbonyl (C=O) groups is 1. The first-order valence-electron chi connectivity index (χ1n) is 20.2. The van der Waals surface area contributed by atoms with Crippen molar-refractivity contribution in [2.45, 2.75) is 133 Å². The lowest BCUT2D eigenvalue weighted by Gasteiger charge is -2.19. The molecule has 0 bridgehead atoms. The number of ether oxygens (including phenoxy) is 1. The number of para-hydroxylation sites is 1. The van der Waals surface area contributed by atoms with E-state index in [1.165, 1.54) is 101 Å². The Labute approximate surface area is 330 Å². The Morgan fingerprint density at radius 2 is 1.50 bits per heavy atom. The van der Waals surface area contributed by atoms with Gasteiger partial charge in [-0.05, 0) is 99.5 Å². The van der Waals surface area contributed by atoms with E-state index in [-0.39, 0.29) is 11.5 Å². The van der Waals surface area contributed by atoms with Gasteiger partial charge in [-0.1, -0.05) is 108 Å². The van der Waals surface area contributed by atoms with Gasteiger partial charge in [0.2, 0.25) is 0 Å². The number of anilines is 2. The largest absolute Gasteiger partial charge is 0.481 e. The van der Waals surface area contributed by atoms with E-state index in [0.29, 0.717) is 22.0 Å². The number of fused-ring (bicyclic) bond motifs is 1. The molecule has 1 unspecified atom stereocenters. The fraction of sp³-hybridized carbons (Fsp3) is 0.477. The molecule has 2 N–H and O–H groups in total. The zero-order valence-corrected chi connectivity index (χ0v) is 34.3. The zero-order chi connectivity index (χ0) is 38.1. The van der Waals surface area contributed by atoms with E-state index in [2.05, 4.69) is 48.2 Å². The maximum absolute atomic E-state index is 13.8. The third kappa shape index (κ3) is 12.0. The molecule has 0 aliphatic heterocycles. The molecule has 2 aromatic heterocycles. The van der Waals surface area contributed by atoms with Crippen molar-refractivity contribution in [2.24, 2.45) is 0 Å². The first-order chi connectivity index (χ1) is 26.4. The topological polar surface area (TPSA) is 92.2 Å². The van der Waals surface area contributed by atoms with E-state index in [0.717, 1.165) is 39.9 Å². The number of hydrogen-bond donors (Lipinski definition) is 2. The summed E-state index contributed by atoms with van der Waals surface area (Å²) in [5, 5.41) is 6.31. The average molecular weight is 770 g/mol. The predicted molar refractivity (Wildman–Crippen MR) is 228 cm³/mol. The fourth-order valence-corrected chi connectivity index (χ4v) is 8.89. The molecule has 0 radical (unpaired) electrons. The van der Waals surface area contributed by atoms with Crippen LogP contribution in [0.5, 0.6) is 5.75 Å². The molecule has 2 heterocycles. The summed E-state index contributed by atoms with van der Waals surface area (Å²) in [5.41, 5.74) is 3.33. The molecule has 290 valence electrons. The van der Waals surface area contributed by atoms with Gasteiger partial charge in [0, 0.05) is 18.8 Å². The van der Waals surface area contributed by atoms with E-state index < -0.39 is 6.10 Å². The van der Waals surface area contributed by atoms with Crippen LogP contribution in [0.15, 0.2) is 86.8 Å². The summed E-state index contributed by atoms with van der Waals surface area (Å²) in [4.78, 5) is 34.5. The van der Waals surface area contributed by atoms with Gasteiger partial charge >= 0.3 is 0 Å². The van der Waals surface area contributed by atoms with Crippen molar-refractivity contribution in [2.75, 3.05) is 23.3 Å². The highest BCUT2D eigenvalue weighted by molar-refractivity contribution is 8.01. The van der Waals surface area contributed by atoms with Crippen molar-refractivity contribution in [3.8, 4) is 11.4 Å². The van der Waals surface area contributed by atoms with Gasteiger partial charge in [0.25, 0.3) is 11.5 Å². The molecular formula is C44H59N5O3S2. The van der Waals surface area contributed by atoms with Crippen molar-refractivity contribution in [1.29, 1.82) is 0 Å². The van der Waals surface area contributed by atoms with E-state index in [1.807, 2.05) is 48.5 Å². The van der Waals surface area contributed by atoms with E-state index in [4.69, 9.17) is 9.72 Å². The Bertz CT molecular complexity index is 1900. The fourth-order valence-electron chi connectivity index (χ4n) is 6.74. The van der Waals surface area contributed by atoms with Crippen LogP contribution in [0.1, 0.15) is 117 Å². The van der Waals surface area contributed by atoms with Crippen LogP contribution < -0.4 is 20.5 Å². The number of unbranched alkanes of at least 4 members (excludes halogenated alkanes) is 12. The standard InChI is InChI=1S/C44H59N5O3S2/c1-5-8-9-10-11-12-13-14-15-16-17-18-19-23-34-24-22-25-37(32-34)52-33(4)42(50)45-35-28-30-36(31-29-35)49-43(51)40(41(47-49)48(6-2)7-3)54-44-46-38-26-20-21-27-39(38)53-44/h20-22,24-33,47H,5-19,23H2,1-4H3,(H,45,50). The number of nitrogens with zero attached hydrogens (tertiary/aromatic N) is 3. The Balaban J connectivity index is 1.09. The number of aromatic amines is 1. The minimum absolute atomic E-state index is 0.142. The number of carbonyl (C=O) groups excluding carboxylic acids is 1. The molecule has 1 atom stereocenters. The van der Waals surface area contributed by atoms with E-state index >= 15 is 0 Å². The maximum Gasteiger partial charge on any atom is 0.287 e. The van der Waals surface area contributed by atoms with Crippen LogP contribution in [-0.4, -0.2) is 39.9 Å². The van der Waals surface area contributed by atoms with Gasteiger partial charge in [-0.25, -0.2) is 9.67 Å². The monoisotopic (exact) mass is 769 g/mol. The van der Waals surface area contributed by atoms with Crippen LogP contribution in [0.3, 0.4) is 0 Å². The number of hydrogen-bond acceptors (Lipinski definition) is 7. The molecule has 0 aliphatic rings. The second-order valence-corrected chi connectivity index (χ2v) is 16.4. The molecule has 0 saturated carbocycles. The van der Waals surface area contributed by atoms with E-state index in [9.17, 15) is 9.59 Å². The van der Waals surface area contributed by atoms with E-state index in [1.54, 1.807) is 35.1 Å². The zero-order valence-electron chi connectivity index (χ0n) is 32.7. The van der Waals surface area contributed by atoms with Crippen LogP contribution in [0.25, 0.3) is 15.9 Å². The minimum Gasteiger partial charge on any atom is -0.481 e. The second-order valence-electron chi connectivity index (χ2n) is 14.1. The molecule has 0 saturated heterocycles. The number of aryl methyl sites for hydroxylation is 1. The van der Waals surface area contributed by atoms with Gasteiger partial charge in [-0.3, -0.25) is 14.7 Å². The van der Waals surface area contributed by atoms with Crippen LogP contribution in [0, 0.1) is 0 Å². The summed E-state index contributed by atoms with van der Waals surface area (Å²) in [6, 6.07) is 23.4. The van der Waals surface area contributed by atoms with Gasteiger partial charge in [0.15, 0.2) is 10.4 Å². The molecule has 3 aromatic carbocycles. The number of thiazole rings is 1. The minimum atomic E-state index is -0.680. The highest BCUT2D eigenvalue weighted by Crippen LogP contribution is 2.37. The van der Waals surface area contributed by atoms with Crippen molar-refractivity contribution < 1.29 is 9.53 Å². The molecule has 0 spiro atoms. The smallest absolute Gasteiger partial charge is 0.287 e. The van der Waals surface area contributed by atoms with Gasteiger partial charge < -0.3 is 15.0 Å². The molecule has 54 heavy (non-hydrogen) atoms. The SMILES string of the molecule is CCCCCCCCCCCCCCCc1cccc(OC(C)C(=O)Nc2ccc(-n3[nH]c(N(CC)CC)c(Sc4nc5ccccc5s4)c3=O)cc2)c1. The average Bonchev–Trinajstić information content (AvgIpc) is 3.74. The Hall–Kier alpha value is -4.02. The molecule has 5 aromatic rings. The first kappa shape index (κ1) is 41.1. The third-order valence-electron chi connectivity index (χ3n) is 9.92. The van der Waals surface area contributed by atoms with Gasteiger partial charge in [-0.2, -0.15) is 0 Å². The lowest BCUT2D eigenvalue weighted by atomic mass is 10.0. The van der Waals surface area contributed by atoms with Crippen molar-refractivity contribution in [3.05, 3.63) is 88.7 Å². The van der Waals surface area contributed by atoms with Crippen LogP contribution in [-0.2, 0) is 11.2 Å². The highest BCUT2D eigenvalue weighted by atomic mass is 32.2. The third-order valence-corrected chi connectivity index (χ3v) is 12.1. The van der Waals surface area contributed by atoms with Crippen LogP contribution >= 0.6 is 23.1 Å². The van der Waals surface area contributed by atoms with Crippen molar-refractivity contribution in [1.82, 2.24) is 14.8 Å². The van der Waals surface area contributed by atoms with Crippen molar-refractivity contribution in [3.63, 3.8) is 0 Å². The summed E-state index contributed by atoms with van der Waals surface area (Å²) in [5.74, 6) is 1.24. The molecule has 1 amide bonds. The molecule has 0 fully saturated rings. The molecule has 0 aliphatic carbocycles. The molecule has 8 nitrogen and oxygen atoms in total. The Kier molecular flexibility index (Phi) is 16.6. The Morgan fingerprint density at radius 1 is 0.852 bits per heavy atom. The maximum atomic E-state index is 13.8. The second kappa shape index (κ2) is 21.8. The number of rotatable bonds is 24. The lowest BCUT2D eigenvalue weighted by molar-refractivity contribution is -0.122. The summed E-state index contributed by atoms with van der Waals surface area (Å²) in [7, 11) is 0. The van der Waals surface area contributed by atoms with Gasteiger partial charge in [-0.15, -0.1) is 11.3 Å². The van der Waals surface area contributed by atoms with Crippen molar-refractivity contribution >= 4 is 50.7 Å². The first-order valence-corrected chi connectivity index (χ1v) is 21.8. The summed E-state index contributed by atoms with van der Waals surface area (Å²) in [6.07, 6.45) is 17.9. The number of aromatic nitrogens is 3. The number of H-pyrrole nitrogens is 1. The summed E-state index contributed by atoms with van der Waals surface area (Å²) >= 11 is 2.98. The quantitative estimate of drug-likeness (QED) is 0.0607. The predicted octanol–water partition coefficient (Wildman–Crippen LogP) is 11.8. The van der Waals surface area contributed by atoms with Gasteiger partial charge in [0.05, 0.1) is 15.9 Å². The lowest BCUT2D eigenvalue weighted by Crippen LogP contribution is -2.30. The van der Waals surface area contributed by atoms with Gasteiger partial charge in [0.1, 0.15) is 16.5 Å². The number of nitrogens with one attached hydrogen (secondary N) is 2. The van der Waals surface area contributed by atoms with Crippen LogP contribution in [0.4, 0.5) is 11.5 Å². The normalized spacial score (nSPS) is 11.9. The number of benzene rings is 3. The number of amides is 1. The summed E-state index contributed by atoms with van der Waals surface area (Å²) < 4.78 is 9.54. The molecule has 10 heteroatoms. The molecular weight excluding hydrogens is 711 g/mol. The summed E-state index contributed by atoms with van der Waals surface area (Å²) in [6.45, 7) is 9.69. The Morgan fingerprint density at radius 3 is 2.15 bits per heavy atom. The molecule has 5 rings (SSSR count). The highest BCUT2D eigenvalue weighted by Gasteiger charge is 2.22.